The zero-order valence-corrected chi connectivity index (χ0v) is 17.8. The fourth-order valence-corrected chi connectivity index (χ4v) is 3.85. The molecule has 7 heteroatoms. The summed E-state index contributed by atoms with van der Waals surface area (Å²) >= 11 is 5.99. The third-order valence-corrected chi connectivity index (χ3v) is 5.63. The van der Waals surface area contributed by atoms with Gasteiger partial charge < -0.3 is 10.1 Å². The molecule has 2 aromatic carbocycles. The standard InChI is InChI=1S/C23H25ClF3NO2/c1-14(2)21(29)28-22(3)12-19(15-7-9-18(24)10-8-15)30-20(13-22)16-5-4-6-17(11-16)23(25,26)27/h4-11,14,19-20H,12-13H2,1-3H3,(H,28,29)/t19-,20+,22-/m0/s1. The average molecular weight is 440 g/mol. The lowest BCUT2D eigenvalue weighted by molar-refractivity contribution is -0.137. The topological polar surface area (TPSA) is 38.3 Å². The number of nitrogens with one attached hydrogen (secondary N) is 1. The van der Waals surface area contributed by atoms with Crippen LogP contribution in [0.25, 0.3) is 0 Å². The van der Waals surface area contributed by atoms with Crippen LogP contribution in [0, 0.1) is 5.92 Å². The summed E-state index contributed by atoms with van der Waals surface area (Å²) in [6.45, 7) is 5.53. The van der Waals surface area contributed by atoms with E-state index < -0.39 is 29.5 Å². The van der Waals surface area contributed by atoms with Gasteiger partial charge in [-0.05, 0) is 42.3 Å². The third-order valence-electron chi connectivity index (χ3n) is 5.38. The minimum Gasteiger partial charge on any atom is -0.365 e. The molecule has 30 heavy (non-hydrogen) atoms. The Labute approximate surface area is 179 Å². The SMILES string of the molecule is CC(C)C(=O)N[C@@]1(C)C[C@@H](c2ccc(Cl)cc2)O[C@@H](c2cccc(C(F)(F)F)c2)C1. The summed E-state index contributed by atoms with van der Waals surface area (Å²) in [5.41, 5.74) is -0.0530. The molecule has 1 aliphatic rings. The molecule has 0 bridgehead atoms. The van der Waals surface area contributed by atoms with E-state index in [4.69, 9.17) is 16.3 Å². The molecule has 0 aliphatic carbocycles. The first-order valence-electron chi connectivity index (χ1n) is 9.87. The minimum absolute atomic E-state index is 0.1000. The number of benzene rings is 2. The number of amides is 1. The van der Waals surface area contributed by atoms with Crippen molar-refractivity contribution in [1.29, 1.82) is 0 Å². The Morgan fingerprint density at radius 2 is 1.70 bits per heavy atom. The fourth-order valence-electron chi connectivity index (χ4n) is 3.73. The number of ether oxygens (including phenoxy) is 1. The van der Waals surface area contributed by atoms with Crippen LogP contribution in [0.3, 0.4) is 0 Å². The number of rotatable bonds is 4. The van der Waals surface area contributed by atoms with E-state index in [0.717, 1.165) is 17.7 Å². The minimum atomic E-state index is -4.44. The number of alkyl halides is 3. The molecule has 0 spiro atoms. The molecular formula is C23H25ClF3NO2. The monoisotopic (exact) mass is 439 g/mol. The van der Waals surface area contributed by atoms with Crippen molar-refractivity contribution in [2.24, 2.45) is 5.92 Å². The maximum absolute atomic E-state index is 13.2. The lowest BCUT2D eigenvalue weighted by Gasteiger charge is -2.43. The van der Waals surface area contributed by atoms with Gasteiger partial charge >= 0.3 is 6.18 Å². The summed E-state index contributed by atoms with van der Waals surface area (Å²) in [6.07, 6.45) is -4.55. The number of halogens is 4. The van der Waals surface area contributed by atoms with Gasteiger partial charge in [-0.2, -0.15) is 13.2 Å². The Kier molecular flexibility index (Phi) is 6.48. The number of hydrogen-bond acceptors (Lipinski definition) is 2. The summed E-state index contributed by atoms with van der Waals surface area (Å²) in [6, 6.07) is 12.4. The zero-order chi connectivity index (χ0) is 22.1. The molecule has 0 unspecified atom stereocenters. The second-order valence-corrected chi connectivity index (χ2v) is 8.84. The lowest BCUT2D eigenvalue weighted by Crippen LogP contribution is -2.52. The first kappa shape index (κ1) is 22.6. The van der Waals surface area contributed by atoms with Crippen molar-refractivity contribution in [3.8, 4) is 0 Å². The highest BCUT2D eigenvalue weighted by molar-refractivity contribution is 6.30. The first-order chi connectivity index (χ1) is 14.0. The Morgan fingerprint density at radius 3 is 2.27 bits per heavy atom. The van der Waals surface area contributed by atoms with Gasteiger partial charge in [0, 0.05) is 29.3 Å². The summed E-state index contributed by atoms with van der Waals surface area (Å²) in [5.74, 6) is -0.303. The Bertz CT molecular complexity index is 898. The van der Waals surface area contributed by atoms with Crippen LogP contribution < -0.4 is 5.32 Å². The summed E-state index contributed by atoms with van der Waals surface area (Å²) in [7, 11) is 0. The van der Waals surface area contributed by atoms with E-state index in [9.17, 15) is 18.0 Å². The molecule has 3 atom stereocenters. The zero-order valence-electron chi connectivity index (χ0n) is 17.1. The number of carbonyl (C=O) groups is 1. The maximum atomic E-state index is 13.2. The van der Waals surface area contributed by atoms with Crippen LogP contribution >= 0.6 is 11.6 Å². The smallest absolute Gasteiger partial charge is 0.365 e. The highest BCUT2D eigenvalue weighted by atomic mass is 35.5. The van der Waals surface area contributed by atoms with Crippen LogP contribution in [0.4, 0.5) is 13.2 Å². The number of carbonyl (C=O) groups excluding carboxylic acids is 1. The predicted octanol–water partition coefficient (Wildman–Crippen LogP) is 6.48. The highest BCUT2D eigenvalue weighted by Gasteiger charge is 2.41. The quantitative estimate of drug-likeness (QED) is 0.591. The molecule has 0 radical (unpaired) electrons. The van der Waals surface area contributed by atoms with E-state index in [1.807, 2.05) is 19.1 Å². The molecule has 0 saturated carbocycles. The van der Waals surface area contributed by atoms with Crippen LogP contribution in [0.2, 0.25) is 5.02 Å². The van der Waals surface area contributed by atoms with Gasteiger partial charge in [0.05, 0.1) is 17.8 Å². The van der Waals surface area contributed by atoms with Crippen LogP contribution in [-0.4, -0.2) is 11.4 Å². The van der Waals surface area contributed by atoms with Crippen LogP contribution in [0.5, 0.6) is 0 Å². The molecule has 1 heterocycles. The summed E-state index contributed by atoms with van der Waals surface area (Å²) in [4.78, 5) is 12.4. The van der Waals surface area contributed by atoms with E-state index >= 15 is 0 Å². The van der Waals surface area contributed by atoms with Gasteiger partial charge in [-0.3, -0.25) is 4.79 Å². The lowest BCUT2D eigenvalue weighted by atomic mass is 9.81. The molecular weight excluding hydrogens is 415 g/mol. The Morgan fingerprint density at radius 1 is 1.10 bits per heavy atom. The molecule has 1 saturated heterocycles. The molecule has 2 aromatic rings. The first-order valence-corrected chi connectivity index (χ1v) is 10.2. The van der Waals surface area contributed by atoms with Gasteiger partial charge in [0.2, 0.25) is 5.91 Å². The van der Waals surface area contributed by atoms with Crippen molar-refractivity contribution in [3.05, 3.63) is 70.2 Å². The van der Waals surface area contributed by atoms with Crippen molar-refractivity contribution >= 4 is 17.5 Å². The van der Waals surface area contributed by atoms with E-state index in [1.54, 1.807) is 32.0 Å². The molecule has 0 aromatic heterocycles. The molecule has 3 rings (SSSR count). The Balaban J connectivity index is 1.96. The van der Waals surface area contributed by atoms with Gasteiger partial charge in [0.1, 0.15) is 0 Å². The second kappa shape index (κ2) is 8.60. The average Bonchev–Trinajstić information content (AvgIpc) is 2.67. The van der Waals surface area contributed by atoms with E-state index in [2.05, 4.69) is 5.32 Å². The summed E-state index contributed by atoms with van der Waals surface area (Å²) in [5, 5.41) is 3.67. The molecule has 1 N–H and O–H groups in total. The van der Waals surface area contributed by atoms with Crippen molar-refractivity contribution in [2.45, 2.75) is 57.5 Å². The van der Waals surface area contributed by atoms with Gasteiger partial charge in [-0.25, -0.2) is 0 Å². The molecule has 1 amide bonds. The van der Waals surface area contributed by atoms with Gasteiger partial charge in [-0.15, -0.1) is 0 Å². The maximum Gasteiger partial charge on any atom is 0.416 e. The van der Waals surface area contributed by atoms with E-state index in [-0.39, 0.29) is 11.8 Å². The predicted molar refractivity (Wildman–Crippen MR) is 110 cm³/mol. The number of hydrogen-bond donors (Lipinski definition) is 1. The van der Waals surface area contributed by atoms with E-state index in [0.29, 0.717) is 23.4 Å². The molecule has 1 fully saturated rings. The molecule has 3 nitrogen and oxygen atoms in total. The largest absolute Gasteiger partial charge is 0.416 e. The van der Waals surface area contributed by atoms with Crippen LogP contribution in [0.15, 0.2) is 48.5 Å². The molecule has 1 aliphatic heterocycles. The van der Waals surface area contributed by atoms with Crippen molar-refractivity contribution in [1.82, 2.24) is 5.32 Å². The van der Waals surface area contributed by atoms with E-state index in [1.165, 1.54) is 6.07 Å². The van der Waals surface area contributed by atoms with Gasteiger partial charge in [0.15, 0.2) is 0 Å². The normalized spacial score (nSPS) is 24.7. The summed E-state index contributed by atoms with van der Waals surface area (Å²) < 4.78 is 45.9. The van der Waals surface area contributed by atoms with Crippen molar-refractivity contribution in [2.75, 3.05) is 0 Å². The van der Waals surface area contributed by atoms with Crippen LogP contribution in [0.1, 0.15) is 62.5 Å². The van der Waals surface area contributed by atoms with Crippen LogP contribution in [-0.2, 0) is 15.7 Å². The third kappa shape index (κ3) is 5.35. The van der Waals surface area contributed by atoms with Gasteiger partial charge in [0.25, 0.3) is 0 Å². The van der Waals surface area contributed by atoms with Crippen molar-refractivity contribution in [3.63, 3.8) is 0 Å². The fraction of sp³-hybridized carbons (Fsp3) is 0.435. The second-order valence-electron chi connectivity index (χ2n) is 8.40. The van der Waals surface area contributed by atoms with Gasteiger partial charge in [-0.1, -0.05) is 49.7 Å². The van der Waals surface area contributed by atoms with Crippen molar-refractivity contribution < 1.29 is 22.7 Å². The molecule has 162 valence electrons. The highest BCUT2D eigenvalue weighted by Crippen LogP contribution is 2.44. The Hall–Kier alpha value is -2.05.